The van der Waals surface area contributed by atoms with Gasteiger partial charge in [0, 0.05) is 6.54 Å². The number of oxime groups is 1. The molecule has 1 aromatic rings. The summed E-state index contributed by atoms with van der Waals surface area (Å²) in [5.41, 5.74) is 10.2. The second-order valence-electron chi connectivity index (χ2n) is 2.34. The molecule has 0 aliphatic rings. The van der Waals surface area contributed by atoms with E-state index < -0.39 is 11.8 Å². The summed E-state index contributed by atoms with van der Waals surface area (Å²) in [5, 5.41) is 13.4. The average molecular weight is 215 g/mol. The minimum absolute atomic E-state index is 0.0264. The molecule has 0 bridgehead atoms. The summed E-state index contributed by atoms with van der Waals surface area (Å²) in [4.78, 5) is 15.1. The maximum Gasteiger partial charge on any atom is 0.460 e. The van der Waals surface area contributed by atoms with Crippen molar-refractivity contribution in [3.63, 3.8) is 0 Å². The van der Waals surface area contributed by atoms with Gasteiger partial charge in [0.2, 0.25) is 5.82 Å². The minimum atomic E-state index is -0.867. The predicted molar refractivity (Wildman–Crippen MR) is 49.5 cm³/mol. The molecule has 1 heterocycles. The Morgan fingerprint density at radius 1 is 1.73 bits per heavy atom. The van der Waals surface area contributed by atoms with Crippen molar-refractivity contribution in [1.82, 2.24) is 9.83 Å². The van der Waals surface area contributed by atoms with Gasteiger partial charge in [-0.2, -0.15) is 4.68 Å². The number of aromatic nitrogens is 2. The Morgan fingerprint density at radius 3 is 2.80 bits per heavy atom. The normalized spacial score (nSPS) is 11.4. The van der Waals surface area contributed by atoms with Crippen molar-refractivity contribution in [2.75, 3.05) is 12.4 Å². The molecule has 0 saturated carbocycles. The fraction of sp³-hybridized carbons (Fsp3) is 0.200. The van der Waals surface area contributed by atoms with Gasteiger partial charge in [-0.25, -0.2) is 10.2 Å². The fourth-order valence-corrected chi connectivity index (χ4v) is 0.722. The summed E-state index contributed by atoms with van der Waals surface area (Å²) in [6, 6.07) is -0.629. The Balaban J connectivity index is 3.02. The molecule has 0 atom stereocenters. The van der Waals surface area contributed by atoms with E-state index in [1.54, 1.807) is 0 Å². The van der Waals surface area contributed by atoms with E-state index in [2.05, 4.69) is 19.7 Å². The van der Waals surface area contributed by atoms with E-state index in [9.17, 15) is 4.79 Å². The third-order valence-electron chi connectivity index (χ3n) is 1.34. The minimum Gasteiger partial charge on any atom is -0.352 e. The Morgan fingerprint density at radius 2 is 2.40 bits per heavy atom. The molecular formula is C5H9N7O3. The van der Waals surface area contributed by atoms with Gasteiger partial charge in [-0.3, -0.25) is 4.52 Å². The summed E-state index contributed by atoms with van der Waals surface area (Å²) in [6.07, 6.45) is 0. The molecule has 0 aromatic carbocycles. The zero-order valence-corrected chi connectivity index (χ0v) is 7.51. The fourth-order valence-electron chi connectivity index (χ4n) is 0.722. The van der Waals surface area contributed by atoms with Crippen molar-refractivity contribution < 1.29 is 9.36 Å². The second-order valence-corrected chi connectivity index (χ2v) is 2.34. The molecule has 1 aromatic heterocycles. The van der Waals surface area contributed by atoms with E-state index in [0.29, 0.717) is 4.68 Å². The number of nitrogen functional groups attached to an aromatic ring is 1. The molecule has 0 aliphatic heterocycles. The van der Waals surface area contributed by atoms with E-state index in [1.165, 1.54) is 0 Å². The SMILES string of the molecule is N=C(N)ON=C(CN)c1noc(=O)n1N. The summed E-state index contributed by atoms with van der Waals surface area (Å²) >= 11 is 0. The number of rotatable bonds is 3. The van der Waals surface area contributed by atoms with Crippen LogP contribution in [0.3, 0.4) is 0 Å². The van der Waals surface area contributed by atoms with E-state index in [-0.39, 0.29) is 18.1 Å². The van der Waals surface area contributed by atoms with E-state index in [0.717, 1.165) is 0 Å². The van der Waals surface area contributed by atoms with Gasteiger partial charge in [-0.1, -0.05) is 10.3 Å². The van der Waals surface area contributed by atoms with Crippen LogP contribution in [0.5, 0.6) is 0 Å². The van der Waals surface area contributed by atoms with Crippen LogP contribution in [-0.4, -0.2) is 28.1 Å². The van der Waals surface area contributed by atoms with Crippen LogP contribution < -0.4 is 23.1 Å². The summed E-state index contributed by atoms with van der Waals surface area (Å²) in [7, 11) is 0. The van der Waals surface area contributed by atoms with Crippen LogP contribution in [-0.2, 0) is 4.84 Å². The Labute approximate surface area is 82.7 Å². The maximum atomic E-state index is 10.8. The molecule has 0 amide bonds. The lowest BCUT2D eigenvalue weighted by Gasteiger charge is -1.99. The summed E-state index contributed by atoms with van der Waals surface area (Å²) in [5.74, 6) is 4.30. The van der Waals surface area contributed by atoms with Crippen molar-refractivity contribution in [3.05, 3.63) is 16.4 Å². The molecule has 10 nitrogen and oxygen atoms in total. The highest BCUT2D eigenvalue weighted by Gasteiger charge is 2.14. The smallest absolute Gasteiger partial charge is 0.352 e. The summed E-state index contributed by atoms with van der Waals surface area (Å²) in [6.45, 7) is -0.115. The van der Waals surface area contributed by atoms with E-state index in [1.807, 2.05) is 0 Å². The highest BCUT2D eigenvalue weighted by atomic mass is 16.6. The van der Waals surface area contributed by atoms with Crippen LogP contribution in [0.2, 0.25) is 0 Å². The van der Waals surface area contributed by atoms with Crippen molar-refractivity contribution in [3.8, 4) is 0 Å². The monoisotopic (exact) mass is 215 g/mol. The van der Waals surface area contributed by atoms with Gasteiger partial charge < -0.3 is 22.1 Å². The lowest BCUT2D eigenvalue weighted by atomic mass is 10.3. The first-order chi connectivity index (χ1) is 7.06. The zero-order valence-electron chi connectivity index (χ0n) is 7.51. The molecule has 0 fully saturated rings. The lowest BCUT2D eigenvalue weighted by molar-refractivity contribution is 0.318. The van der Waals surface area contributed by atoms with Crippen LogP contribution in [0.15, 0.2) is 14.5 Å². The largest absolute Gasteiger partial charge is 0.460 e. The van der Waals surface area contributed by atoms with Gasteiger partial charge in [-0.05, 0) is 0 Å². The van der Waals surface area contributed by atoms with E-state index in [4.69, 9.17) is 22.7 Å². The Bertz CT molecular complexity index is 444. The van der Waals surface area contributed by atoms with Crippen molar-refractivity contribution >= 4 is 11.7 Å². The molecule has 0 radical (unpaired) electrons. The van der Waals surface area contributed by atoms with Crippen LogP contribution in [0.4, 0.5) is 0 Å². The molecule has 0 aliphatic carbocycles. The number of hydrogen-bond donors (Lipinski definition) is 4. The van der Waals surface area contributed by atoms with Crippen LogP contribution in [0, 0.1) is 5.41 Å². The third-order valence-corrected chi connectivity index (χ3v) is 1.34. The van der Waals surface area contributed by atoms with Crippen molar-refractivity contribution in [2.45, 2.75) is 0 Å². The quantitative estimate of drug-likeness (QED) is 0.181. The van der Waals surface area contributed by atoms with Crippen LogP contribution in [0.1, 0.15) is 5.82 Å². The molecule has 1 rings (SSSR count). The highest BCUT2D eigenvalue weighted by molar-refractivity contribution is 5.98. The molecule has 0 saturated heterocycles. The lowest BCUT2D eigenvalue weighted by Crippen LogP contribution is -2.30. The third kappa shape index (κ3) is 2.31. The topological polar surface area (TPSA) is 172 Å². The van der Waals surface area contributed by atoms with Crippen LogP contribution in [0.25, 0.3) is 0 Å². The van der Waals surface area contributed by atoms with Crippen LogP contribution >= 0.6 is 0 Å². The highest BCUT2D eigenvalue weighted by Crippen LogP contribution is 1.92. The molecule has 7 N–H and O–H groups in total. The first-order valence-electron chi connectivity index (χ1n) is 3.68. The molecule has 15 heavy (non-hydrogen) atoms. The molecule has 0 unspecified atom stereocenters. The number of hydrogen-bond acceptors (Lipinski definition) is 8. The molecule has 82 valence electrons. The first-order valence-corrected chi connectivity index (χ1v) is 3.68. The summed E-state index contributed by atoms with van der Waals surface area (Å²) < 4.78 is 4.85. The molecule has 0 spiro atoms. The molecular weight excluding hydrogens is 206 g/mol. The average Bonchev–Trinajstić information content (AvgIpc) is 2.50. The van der Waals surface area contributed by atoms with E-state index >= 15 is 0 Å². The van der Waals surface area contributed by atoms with Gasteiger partial charge in [0.25, 0.3) is 0 Å². The van der Waals surface area contributed by atoms with Gasteiger partial charge in [0.05, 0.1) is 0 Å². The standard InChI is InChI=1S/C5H9N7O3/c6-1-2(10-14-4(7)8)3-11-15-5(13)12(3)9/h1,6,9H2,(H3,7,8). The second kappa shape index (κ2) is 4.23. The number of nitrogens with one attached hydrogen (secondary N) is 1. The van der Waals surface area contributed by atoms with Gasteiger partial charge in [0.15, 0.2) is 0 Å². The van der Waals surface area contributed by atoms with Gasteiger partial charge in [0.1, 0.15) is 5.71 Å². The van der Waals surface area contributed by atoms with Gasteiger partial charge >= 0.3 is 11.8 Å². The first kappa shape index (κ1) is 10.7. The molecule has 10 heteroatoms. The van der Waals surface area contributed by atoms with Crippen molar-refractivity contribution in [1.29, 1.82) is 5.41 Å². The predicted octanol–water partition coefficient (Wildman–Crippen LogP) is -2.88. The zero-order chi connectivity index (χ0) is 11.4. The van der Waals surface area contributed by atoms with Gasteiger partial charge in [-0.15, -0.1) is 0 Å². The Hall–Kier alpha value is -2.36. The number of amidine groups is 1. The van der Waals surface area contributed by atoms with Crippen molar-refractivity contribution in [2.24, 2.45) is 16.6 Å². The maximum absolute atomic E-state index is 10.8. The number of nitrogens with zero attached hydrogens (tertiary/aromatic N) is 3. The number of nitrogens with two attached hydrogens (primary N) is 3. The Kier molecular flexibility index (Phi) is 3.03.